The molecule has 0 aliphatic rings. The third-order valence-electron chi connectivity index (χ3n) is 2.53. The summed E-state index contributed by atoms with van der Waals surface area (Å²) in [6.45, 7) is 0. The zero-order valence-electron chi connectivity index (χ0n) is 10.2. The van der Waals surface area contributed by atoms with Crippen LogP contribution in [0.25, 0.3) is 0 Å². The van der Waals surface area contributed by atoms with E-state index in [1.54, 1.807) is 0 Å². The van der Waals surface area contributed by atoms with Crippen LogP contribution < -0.4 is 4.74 Å². The van der Waals surface area contributed by atoms with Crippen LogP contribution in [-0.4, -0.2) is 16.0 Å². The van der Waals surface area contributed by atoms with Gasteiger partial charge in [-0.2, -0.15) is 0 Å². The first kappa shape index (κ1) is 14.7. The van der Waals surface area contributed by atoms with Gasteiger partial charge in [-0.1, -0.05) is 17.7 Å². The number of carboxylic acid groups (broad SMARTS) is 1. The van der Waals surface area contributed by atoms with Crippen molar-refractivity contribution < 1.29 is 24.0 Å². The third kappa shape index (κ3) is 3.09. The molecule has 0 aliphatic carbocycles. The minimum absolute atomic E-state index is 0.0156. The topological polar surface area (TPSA) is 89.7 Å². The van der Waals surface area contributed by atoms with Crippen LogP contribution in [0.3, 0.4) is 0 Å². The molecule has 8 heteroatoms. The molecule has 0 aliphatic heterocycles. The maximum atomic E-state index is 13.1. The molecule has 21 heavy (non-hydrogen) atoms. The van der Waals surface area contributed by atoms with E-state index in [0.717, 1.165) is 24.3 Å². The van der Waals surface area contributed by atoms with Crippen molar-refractivity contribution in [1.29, 1.82) is 0 Å². The normalized spacial score (nSPS) is 10.2. The standard InChI is InChI=1S/C13H7ClFNO5/c14-9-6-7(4-5-10(9)15)21-12-8(13(17)18)2-1-3-11(12)16(19)20/h1-6H,(H,17,18). The van der Waals surface area contributed by atoms with Crippen molar-refractivity contribution in [3.63, 3.8) is 0 Å². The molecule has 108 valence electrons. The Kier molecular flexibility index (Phi) is 4.04. The number of hydrogen-bond acceptors (Lipinski definition) is 4. The number of nitrogens with zero attached hydrogens (tertiary/aromatic N) is 1. The molecule has 0 bridgehead atoms. The summed E-state index contributed by atoms with van der Waals surface area (Å²) in [5.41, 5.74) is -0.903. The number of ether oxygens (including phenoxy) is 1. The van der Waals surface area contributed by atoms with Crippen molar-refractivity contribution in [3.05, 3.63) is 62.9 Å². The first-order valence-electron chi connectivity index (χ1n) is 5.53. The molecule has 2 rings (SSSR count). The van der Waals surface area contributed by atoms with E-state index in [1.165, 1.54) is 12.1 Å². The highest BCUT2D eigenvalue weighted by Crippen LogP contribution is 2.35. The average molecular weight is 312 g/mol. The molecule has 0 spiro atoms. The van der Waals surface area contributed by atoms with Crippen LogP contribution in [0.4, 0.5) is 10.1 Å². The van der Waals surface area contributed by atoms with E-state index in [-0.39, 0.29) is 16.3 Å². The molecule has 0 amide bonds. The van der Waals surface area contributed by atoms with Crippen LogP contribution >= 0.6 is 11.6 Å². The Morgan fingerprint density at radius 1 is 1.33 bits per heavy atom. The van der Waals surface area contributed by atoms with Crippen molar-refractivity contribution in [2.24, 2.45) is 0 Å². The Balaban J connectivity index is 2.53. The number of nitro benzene ring substituents is 1. The van der Waals surface area contributed by atoms with Gasteiger partial charge >= 0.3 is 11.7 Å². The monoisotopic (exact) mass is 311 g/mol. The van der Waals surface area contributed by atoms with Gasteiger partial charge < -0.3 is 9.84 Å². The first-order valence-corrected chi connectivity index (χ1v) is 5.91. The second-order valence-electron chi connectivity index (χ2n) is 3.89. The number of carboxylic acids is 1. The van der Waals surface area contributed by atoms with Gasteiger partial charge in [0.2, 0.25) is 5.75 Å². The molecule has 0 radical (unpaired) electrons. The SMILES string of the molecule is O=C(O)c1cccc([N+](=O)[O-])c1Oc1ccc(F)c(Cl)c1. The van der Waals surface area contributed by atoms with E-state index in [1.807, 2.05) is 0 Å². The molecule has 0 fully saturated rings. The van der Waals surface area contributed by atoms with E-state index < -0.39 is 28.1 Å². The molecule has 0 saturated heterocycles. The van der Waals surface area contributed by atoms with Gasteiger partial charge in [0.25, 0.3) is 0 Å². The minimum Gasteiger partial charge on any atom is -0.478 e. The van der Waals surface area contributed by atoms with E-state index in [9.17, 15) is 19.3 Å². The largest absolute Gasteiger partial charge is 0.478 e. The van der Waals surface area contributed by atoms with Crippen LogP contribution in [0, 0.1) is 15.9 Å². The highest BCUT2D eigenvalue weighted by molar-refractivity contribution is 6.30. The van der Waals surface area contributed by atoms with Gasteiger partial charge in [-0.05, 0) is 18.2 Å². The van der Waals surface area contributed by atoms with Gasteiger partial charge in [-0.3, -0.25) is 10.1 Å². The van der Waals surface area contributed by atoms with E-state index in [0.29, 0.717) is 0 Å². The maximum absolute atomic E-state index is 13.1. The van der Waals surface area contributed by atoms with Gasteiger partial charge in [-0.25, -0.2) is 9.18 Å². The zero-order chi connectivity index (χ0) is 15.6. The molecular formula is C13H7ClFNO5. The first-order chi connectivity index (χ1) is 9.90. The predicted molar refractivity (Wildman–Crippen MR) is 71.5 cm³/mol. The van der Waals surface area contributed by atoms with Crippen molar-refractivity contribution in [2.75, 3.05) is 0 Å². The molecule has 6 nitrogen and oxygen atoms in total. The number of rotatable bonds is 4. The summed E-state index contributed by atoms with van der Waals surface area (Å²) in [7, 11) is 0. The Morgan fingerprint density at radius 3 is 2.62 bits per heavy atom. The smallest absolute Gasteiger partial charge is 0.339 e. The number of benzene rings is 2. The zero-order valence-corrected chi connectivity index (χ0v) is 11.0. The quantitative estimate of drug-likeness (QED) is 0.683. The van der Waals surface area contributed by atoms with Crippen molar-refractivity contribution in [1.82, 2.24) is 0 Å². The van der Waals surface area contributed by atoms with Gasteiger partial charge in [0.15, 0.2) is 0 Å². The molecule has 0 unspecified atom stereocenters. The van der Waals surface area contributed by atoms with E-state index in [2.05, 4.69) is 0 Å². The van der Waals surface area contributed by atoms with E-state index >= 15 is 0 Å². The second kappa shape index (κ2) is 5.76. The number of aromatic carboxylic acids is 1. The van der Waals surface area contributed by atoms with Gasteiger partial charge in [0, 0.05) is 12.1 Å². The van der Waals surface area contributed by atoms with Crippen molar-refractivity contribution >= 4 is 23.3 Å². The number of halogens is 2. The number of para-hydroxylation sites is 1. The maximum Gasteiger partial charge on any atom is 0.339 e. The summed E-state index contributed by atoms with van der Waals surface area (Å²) in [4.78, 5) is 21.3. The summed E-state index contributed by atoms with van der Waals surface area (Å²) in [5.74, 6) is -2.54. The van der Waals surface area contributed by atoms with Crippen molar-refractivity contribution in [2.45, 2.75) is 0 Å². The molecule has 2 aromatic carbocycles. The lowest BCUT2D eigenvalue weighted by atomic mass is 10.1. The summed E-state index contributed by atoms with van der Waals surface area (Å²) >= 11 is 5.58. The van der Waals surface area contributed by atoms with Gasteiger partial charge in [0.1, 0.15) is 17.1 Å². The van der Waals surface area contributed by atoms with Gasteiger partial charge in [-0.15, -0.1) is 0 Å². The predicted octanol–water partition coefficient (Wildman–Crippen LogP) is 3.88. The van der Waals surface area contributed by atoms with Crippen LogP contribution in [0.2, 0.25) is 5.02 Å². The van der Waals surface area contributed by atoms with Gasteiger partial charge in [0.05, 0.1) is 9.95 Å². The van der Waals surface area contributed by atoms with E-state index in [4.69, 9.17) is 21.4 Å². The second-order valence-corrected chi connectivity index (χ2v) is 4.30. The third-order valence-corrected chi connectivity index (χ3v) is 2.82. The molecular weight excluding hydrogens is 305 g/mol. The fraction of sp³-hybridized carbons (Fsp3) is 0. The lowest BCUT2D eigenvalue weighted by molar-refractivity contribution is -0.385. The number of hydrogen-bond donors (Lipinski definition) is 1. The summed E-state index contributed by atoms with van der Waals surface area (Å²) in [6, 6.07) is 6.78. The summed E-state index contributed by atoms with van der Waals surface area (Å²) < 4.78 is 18.3. The molecule has 0 atom stereocenters. The highest BCUT2D eigenvalue weighted by atomic mass is 35.5. The number of carbonyl (C=O) groups is 1. The lowest BCUT2D eigenvalue weighted by Gasteiger charge is -2.09. The Hall–Kier alpha value is -2.67. The average Bonchev–Trinajstić information content (AvgIpc) is 2.42. The fourth-order valence-electron chi connectivity index (χ4n) is 1.60. The Labute approximate surface area is 122 Å². The number of nitro groups is 1. The molecule has 0 aromatic heterocycles. The summed E-state index contributed by atoms with van der Waals surface area (Å²) in [5, 5.41) is 19.8. The molecule has 2 aromatic rings. The van der Waals surface area contributed by atoms with Crippen LogP contribution in [0.5, 0.6) is 11.5 Å². The highest BCUT2D eigenvalue weighted by Gasteiger charge is 2.23. The molecule has 0 heterocycles. The lowest BCUT2D eigenvalue weighted by Crippen LogP contribution is -2.03. The fourth-order valence-corrected chi connectivity index (χ4v) is 1.77. The summed E-state index contributed by atoms with van der Waals surface area (Å²) in [6.07, 6.45) is 0. The Morgan fingerprint density at radius 2 is 2.05 bits per heavy atom. The van der Waals surface area contributed by atoms with Crippen LogP contribution in [0.1, 0.15) is 10.4 Å². The van der Waals surface area contributed by atoms with Crippen LogP contribution in [0.15, 0.2) is 36.4 Å². The molecule has 1 N–H and O–H groups in total. The molecule has 0 saturated carbocycles. The van der Waals surface area contributed by atoms with Crippen molar-refractivity contribution in [3.8, 4) is 11.5 Å². The van der Waals surface area contributed by atoms with Crippen LogP contribution in [-0.2, 0) is 0 Å². The Bertz CT molecular complexity index is 702. The minimum atomic E-state index is -1.39.